The van der Waals surface area contributed by atoms with E-state index >= 15 is 0 Å². The van der Waals surface area contributed by atoms with Gasteiger partial charge in [0.25, 0.3) is 0 Å². The maximum Gasteiger partial charge on any atom is 0.232 e. The number of carbonyl (C=O) groups excluding carboxylic acids is 1. The number of aromatic nitrogens is 2. The van der Waals surface area contributed by atoms with Crippen molar-refractivity contribution in [2.24, 2.45) is 0 Å². The highest BCUT2D eigenvalue weighted by Gasteiger charge is 2.34. The average Bonchev–Trinajstić information content (AvgIpc) is 3.28. The zero-order valence-corrected chi connectivity index (χ0v) is 15.8. The van der Waals surface area contributed by atoms with Crippen molar-refractivity contribution in [3.63, 3.8) is 0 Å². The van der Waals surface area contributed by atoms with Gasteiger partial charge in [0.1, 0.15) is 11.6 Å². The van der Waals surface area contributed by atoms with E-state index in [-0.39, 0.29) is 34.1 Å². The van der Waals surface area contributed by atoms with E-state index in [2.05, 4.69) is 10.1 Å². The van der Waals surface area contributed by atoms with Gasteiger partial charge in [0.05, 0.1) is 16.0 Å². The summed E-state index contributed by atoms with van der Waals surface area (Å²) in [6.07, 6.45) is 0.223. The van der Waals surface area contributed by atoms with Gasteiger partial charge in [-0.05, 0) is 35.9 Å². The monoisotopic (exact) mass is 423 g/mol. The minimum Gasteiger partial charge on any atom is -0.339 e. The van der Waals surface area contributed by atoms with Crippen LogP contribution in [0.4, 0.5) is 8.78 Å². The number of rotatable bonds is 4. The Morgan fingerprint density at radius 2 is 1.82 bits per heavy atom. The first-order valence-electron chi connectivity index (χ1n) is 8.41. The second-order valence-electron chi connectivity index (χ2n) is 6.51. The Morgan fingerprint density at radius 3 is 2.54 bits per heavy atom. The van der Waals surface area contributed by atoms with Crippen LogP contribution in [0.25, 0.3) is 11.4 Å². The lowest BCUT2D eigenvalue weighted by Gasteiger charge is -2.16. The summed E-state index contributed by atoms with van der Waals surface area (Å²) in [5, 5.41) is 3.88. The van der Waals surface area contributed by atoms with E-state index in [1.54, 1.807) is 11.0 Å². The van der Waals surface area contributed by atoms with E-state index in [9.17, 15) is 13.6 Å². The summed E-state index contributed by atoms with van der Waals surface area (Å²) in [7, 11) is 0. The van der Waals surface area contributed by atoms with Crippen LogP contribution in [0.5, 0.6) is 0 Å². The highest BCUT2D eigenvalue weighted by Crippen LogP contribution is 2.31. The lowest BCUT2D eigenvalue weighted by molar-refractivity contribution is -0.128. The van der Waals surface area contributed by atoms with Crippen LogP contribution in [0.1, 0.15) is 23.8 Å². The van der Waals surface area contributed by atoms with Crippen molar-refractivity contribution < 1.29 is 18.1 Å². The van der Waals surface area contributed by atoms with Crippen LogP contribution >= 0.6 is 23.2 Å². The fourth-order valence-corrected chi connectivity index (χ4v) is 3.49. The fraction of sp³-hybridized carbons (Fsp3) is 0.211. The van der Waals surface area contributed by atoms with E-state index in [4.69, 9.17) is 27.7 Å². The number of hydrogen-bond donors (Lipinski definition) is 0. The van der Waals surface area contributed by atoms with Gasteiger partial charge in [-0.25, -0.2) is 8.78 Å². The van der Waals surface area contributed by atoms with Gasteiger partial charge in [0.2, 0.25) is 17.6 Å². The molecule has 3 aromatic rings. The molecule has 144 valence electrons. The molecule has 1 amide bonds. The maximum atomic E-state index is 13.3. The predicted molar refractivity (Wildman–Crippen MR) is 98.9 cm³/mol. The molecule has 1 aliphatic rings. The molecule has 0 aliphatic carbocycles. The summed E-state index contributed by atoms with van der Waals surface area (Å²) in [5.41, 5.74) is 1.25. The van der Waals surface area contributed by atoms with Crippen LogP contribution in [0.3, 0.4) is 0 Å². The Bertz CT molecular complexity index is 1060. The second kappa shape index (κ2) is 7.48. The number of nitrogens with zero attached hydrogens (tertiary/aromatic N) is 3. The van der Waals surface area contributed by atoms with Crippen molar-refractivity contribution in [3.05, 3.63) is 69.5 Å². The van der Waals surface area contributed by atoms with Gasteiger partial charge in [-0.3, -0.25) is 4.79 Å². The molecule has 1 fully saturated rings. The molecule has 9 heteroatoms. The first-order chi connectivity index (χ1) is 13.4. The van der Waals surface area contributed by atoms with E-state index in [1.165, 1.54) is 30.3 Å². The van der Waals surface area contributed by atoms with Gasteiger partial charge in [0.15, 0.2) is 0 Å². The first-order valence-corrected chi connectivity index (χ1v) is 9.17. The largest absolute Gasteiger partial charge is 0.339 e. The third-order valence-corrected chi connectivity index (χ3v) is 5.12. The van der Waals surface area contributed by atoms with Gasteiger partial charge in [-0.15, -0.1) is 0 Å². The molecule has 28 heavy (non-hydrogen) atoms. The summed E-state index contributed by atoms with van der Waals surface area (Å²) in [6.45, 7) is 0.698. The first kappa shape index (κ1) is 18.8. The molecule has 0 bridgehead atoms. The lowest BCUT2D eigenvalue weighted by Crippen LogP contribution is -2.24. The molecular formula is C19H13Cl2F2N3O2. The Kier molecular flexibility index (Phi) is 5.03. The minimum absolute atomic E-state index is 0.0141. The molecule has 0 N–H and O–H groups in total. The van der Waals surface area contributed by atoms with Crippen LogP contribution < -0.4 is 0 Å². The number of likely N-dealkylation sites (tertiary alicyclic amines) is 1. The maximum absolute atomic E-state index is 13.3. The van der Waals surface area contributed by atoms with Crippen LogP contribution in [0.15, 0.2) is 40.9 Å². The van der Waals surface area contributed by atoms with E-state index in [0.29, 0.717) is 24.5 Å². The molecule has 0 saturated carbocycles. The summed E-state index contributed by atoms with van der Waals surface area (Å²) in [6, 6.07) is 8.50. The molecule has 1 saturated heterocycles. The minimum atomic E-state index is -0.535. The van der Waals surface area contributed by atoms with Crippen LogP contribution in [-0.4, -0.2) is 27.5 Å². The molecule has 2 aromatic carbocycles. The lowest BCUT2D eigenvalue weighted by atomic mass is 10.1. The Morgan fingerprint density at radius 1 is 1.11 bits per heavy atom. The number of hydrogen-bond acceptors (Lipinski definition) is 4. The van der Waals surface area contributed by atoms with Gasteiger partial charge in [-0.1, -0.05) is 34.4 Å². The third-order valence-electron chi connectivity index (χ3n) is 4.54. The fourth-order valence-electron chi connectivity index (χ4n) is 3.10. The van der Waals surface area contributed by atoms with E-state index in [0.717, 1.165) is 5.56 Å². The molecule has 0 radical (unpaired) electrons. The van der Waals surface area contributed by atoms with Gasteiger partial charge >= 0.3 is 0 Å². The normalized spacial score (nSPS) is 16.8. The van der Waals surface area contributed by atoms with Crippen molar-refractivity contribution in [3.8, 4) is 11.4 Å². The van der Waals surface area contributed by atoms with Crippen LogP contribution in [-0.2, 0) is 11.3 Å². The quantitative estimate of drug-likeness (QED) is 0.602. The highest BCUT2D eigenvalue weighted by atomic mass is 35.5. The summed E-state index contributed by atoms with van der Waals surface area (Å²) >= 11 is 11.6. The standard InChI is InChI=1S/C19H13Cl2F2N3O2/c20-13-5-10(1-3-15(13)22)8-26-9-12(7-17(26)27)19-24-18(25-28-19)11-2-4-16(23)14(21)6-11/h1-6,12H,7-9H2. The number of amides is 1. The molecule has 1 aromatic heterocycles. The molecule has 1 aliphatic heterocycles. The van der Waals surface area contributed by atoms with E-state index in [1.807, 2.05) is 0 Å². The van der Waals surface area contributed by atoms with Crippen molar-refractivity contribution >= 4 is 29.1 Å². The molecule has 2 heterocycles. The molecule has 1 unspecified atom stereocenters. The highest BCUT2D eigenvalue weighted by molar-refractivity contribution is 6.31. The van der Waals surface area contributed by atoms with Gasteiger partial charge < -0.3 is 9.42 Å². The van der Waals surface area contributed by atoms with E-state index < -0.39 is 11.6 Å². The predicted octanol–water partition coefficient (Wildman–Crippen LogP) is 4.84. The number of benzene rings is 2. The smallest absolute Gasteiger partial charge is 0.232 e. The Balaban J connectivity index is 1.48. The number of carbonyl (C=O) groups is 1. The second-order valence-corrected chi connectivity index (χ2v) is 7.32. The topological polar surface area (TPSA) is 59.2 Å². The van der Waals surface area contributed by atoms with Crippen LogP contribution in [0.2, 0.25) is 10.0 Å². The molecular weight excluding hydrogens is 411 g/mol. The molecule has 4 rings (SSSR count). The van der Waals surface area contributed by atoms with Crippen molar-refractivity contribution in [1.29, 1.82) is 0 Å². The van der Waals surface area contributed by atoms with Crippen LogP contribution in [0, 0.1) is 11.6 Å². The van der Waals surface area contributed by atoms with Crippen molar-refractivity contribution in [1.82, 2.24) is 15.0 Å². The van der Waals surface area contributed by atoms with Crippen molar-refractivity contribution in [2.75, 3.05) is 6.54 Å². The average molecular weight is 424 g/mol. The Hall–Kier alpha value is -2.51. The van der Waals surface area contributed by atoms with Gasteiger partial charge in [0, 0.05) is 25.1 Å². The van der Waals surface area contributed by atoms with Gasteiger partial charge in [-0.2, -0.15) is 4.98 Å². The SMILES string of the molecule is O=C1CC(c2nc(-c3ccc(F)c(Cl)c3)no2)CN1Cc1ccc(F)c(Cl)c1. The summed E-state index contributed by atoms with van der Waals surface area (Å²) < 4.78 is 31.9. The molecule has 5 nitrogen and oxygen atoms in total. The summed E-state index contributed by atoms with van der Waals surface area (Å²) in [4.78, 5) is 18.3. The molecule has 0 spiro atoms. The summed E-state index contributed by atoms with van der Waals surface area (Å²) in [5.74, 6) is -0.783. The molecule has 1 atom stereocenters. The van der Waals surface area contributed by atoms with Crippen molar-refractivity contribution in [2.45, 2.75) is 18.9 Å². The Labute approximate surface area is 168 Å². The number of halogens is 4. The zero-order valence-electron chi connectivity index (χ0n) is 14.3. The third kappa shape index (κ3) is 3.72. The zero-order chi connectivity index (χ0) is 19.8.